The van der Waals surface area contributed by atoms with Crippen molar-refractivity contribution in [1.82, 2.24) is 10.2 Å². The SMILES string of the molecule is COc1ccccc1N1CCN(CC(=O)NCC(=O)O)CC1. The predicted octanol–water partition coefficient (Wildman–Crippen LogP) is 0.0180. The highest BCUT2D eigenvalue weighted by Gasteiger charge is 2.21. The van der Waals surface area contributed by atoms with Gasteiger partial charge in [0.15, 0.2) is 0 Å². The van der Waals surface area contributed by atoms with E-state index in [2.05, 4.69) is 10.2 Å². The van der Waals surface area contributed by atoms with Crippen LogP contribution in [0, 0.1) is 0 Å². The Bertz CT molecular complexity index is 527. The minimum Gasteiger partial charge on any atom is -0.495 e. The molecule has 1 aliphatic heterocycles. The molecule has 0 radical (unpaired) electrons. The fourth-order valence-electron chi connectivity index (χ4n) is 2.47. The quantitative estimate of drug-likeness (QED) is 0.771. The number of benzene rings is 1. The lowest BCUT2D eigenvalue weighted by Crippen LogP contribution is -2.50. The van der Waals surface area contributed by atoms with Gasteiger partial charge in [-0.2, -0.15) is 0 Å². The van der Waals surface area contributed by atoms with E-state index in [9.17, 15) is 9.59 Å². The topological polar surface area (TPSA) is 82.1 Å². The highest BCUT2D eigenvalue weighted by molar-refractivity contribution is 5.82. The van der Waals surface area contributed by atoms with Crippen molar-refractivity contribution in [3.63, 3.8) is 0 Å². The Balaban J connectivity index is 1.83. The maximum atomic E-state index is 11.6. The molecule has 0 unspecified atom stereocenters. The van der Waals surface area contributed by atoms with Gasteiger partial charge in [-0.1, -0.05) is 12.1 Å². The average molecular weight is 307 g/mol. The lowest BCUT2D eigenvalue weighted by atomic mass is 10.2. The summed E-state index contributed by atoms with van der Waals surface area (Å²) in [7, 11) is 1.65. The predicted molar refractivity (Wildman–Crippen MR) is 82.3 cm³/mol. The molecule has 2 N–H and O–H groups in total. The molecule has 22 heavy (non-hydrogen) atoms. The maximum absolute atomic E-state index is 11.6. The zero-order chi connectivity index (χ0) is 15.9. The van der Waals surface area contributed by atoms with E-state index in [1.54, 1.807) is 7.11 Å². The Morgan fingerprint density at radius 2 is 1.91 bits per heavy atom. The number of carbonyl (C=O) groups excluding carboxylic acids is 1. The molecule has 1 amide bonds. The van der Waals surface area contributed by atoms with Gasteiger partial charge in [-0.15, -0.1) is 0 Å². The molecule has 2 rings (SSSR count). The number of rotatable bonds is 6. The molecule has 1 aliphatic rings. The normalized spacial score (nSPS) is 15.4. The van der Waals surface area contributed by atoms with E-state index in [4.69, 9.17) is 9.84 Å². The summed E-state index contributed by atoms with van der Waals surface area (Å²) in [4.78, 5) is 26.3. The van der Waals surface area contributed by atoms with Crippen molar-refractivity contribution in [3.05, 3.63) is 24.3 Å². The van der Waals surface area contributed by atoms with E-state index in [1.165, 1.54) is 0 Å². The third kappa shape index (κ3) is 4.36. The number of carboxylic acids is 1. The van der Waals surface area contributed by atoms with Crippen LogP contribution in [0.5, 0.6) is 5.75 Å². The first kappa shape index (κ1) is 16.1. The van der Waals surface area contributed by atoms with Crippen LogP contribution in [0.2, 0.25) is 0 Å². The molecule has 0 atom stereocenters. The zero-order valence-electron chi connectivity index (χ0n) is 12.6. The van der Waals surface area contributed by atoms with Gasteiger partial charge in [0.1, 0.15) is 12.3 Å². The van der Waals surface area contributed by atoms with Crippen molar-refractivity contribution in [3.8, 4) is 5.75 Å². The van der Waals surface area contributed by atoms with Crippen LogP contribution in [0.3, 0.4) is 0 Å². The number of methoxy groups -OCH3 is 1. The summed E-state index contributed by atoms with van der Waals surface area (Å²) in [5, 5.41) is 10.9. The Hall–Kier alpha value is -2.28. The largest absolute Gasteiger partial charge is 0.495 e. The monoisotopic (exact) mass is 307 g/mol. The lowest BCUT2D eigenvalue weighted by Gasteiger charge is -2.36. The van der Waals surface area contributed by atoms with Crippen molar-refractivity contribution in [1.29, 1.82) is 0 Å². The second-order valence-electron chi connectivity index (χ2n) is 5.11. The van der Waals surface area contributed by atoms with Gasteiger partial charge >= 0.3 is 5.97 Å². The van der Waals surface area contributed by atoms with Crippen LogP contribution < -0.4 is 15.0 Å². The number of carboxylic acid groups (broad SMARTS) is 1. The second kappa shape index (κ2) is 7.65. The molecular weight excluding hydrogens is 286 g/mol. The van der Waals surface area contributed by atoms with E-state index < -0.39 is 5.97 Å². The molecule has 0 aromatic heterocycles. The molecule has 1 aromatic carbocycles. The number of hydrogen-bond donors (Lipinski definition) is 2. The number of nitrogens with one attached hydrogen (secondary N) is 1. The van der Waals surface area contributed by atoms with Crippen LogP contribution in [0.1, 0.15) is 0 Å². The van der Waals surface area contributed by atoms with Crippen LogP contribution >= 0.6 is 0 Å². The smallest absolute Gasteiger partial charge is 0.322 e. The molecule has 1 aromatic rings. The Morgan fingerprint density at radius 1 is 1.23 bits per heavy atom. The molecule has 0 saturated carbocycles. The Kier molecular flexibility index (Phi) is 5.60. The second-order valence-corrected chi connectivity index (χ2v) is 5.11. The highest BCUT2D eigenvalue weighted by atomic mass is 16.5. The summed E-state index contributed by atoms with van der Waals surface area (Å²) in [5.41, 5.74) is 1.06. The summed E-state index contributed by atoms with van der Waals surface area (Å²) < 4.78 is 5.37. The molecule has 0 bridgehead atoms. The van der Waals surface area contributed by atoms with Gasteiger partial charge in [-0.3, -0.25) is 14.5 Å². The summed E-state index contributed by atoms with van der Waals surface area (Å²) in [6.07, 6.45) is 0. The van der Waals surface area contributed by atoms with Crippen LogP contribution in [0.4, 0.5) is 5.69 Å². The van der Waals surface area contributed by atoms with Crippen molar-refractivity contribution >= 4 is 17.6 Å². The van der Waals surface area contributed by atoms with Gasteiger partial charge in [0.2, 0.25) is 5.91 Å². The Labute approximate surface area is 129 Å². The van der Waals surface area contributed by atoms with E-state index in [1.807, 2.05) is 29.2 Å². The number of carbonyl (C=O) groups is 2. The first-order valence-electron chi connectivity index (χ1n) is 7.19. The minimum absolute atomic E-state index is 0.229. The number of aliphatic carboxylic acids is 1. The van der Waals surface area contributed by atoms with Crippen molar-refractivity contribution < 1.29 is 19.4 Å². The first-order chi connectivity index (χ1) is 10.6. The maximum Gasteiger partial charge on any atom is 0.322 e. The number of anilines is 1. The summed E-state index contributed by atoms with van der Waals surface area (Å²) in [6.45, 7) is 2.99. The number of amides is 1. The molecule has 7 heteroatoms. The summed E-state index contributed by atoms with van der Waals surface area (Å²) >= 11 is 0. The molecule has 1 heterocycles. The van der Waals surface area contributed by atoms with E-state index in [0.29, 0.717) is 0 Å². The number of para-hydroxylation sites is 2. The third-order valence-corrected chi connectivity index (χ3v) is 3.60. The zero-order valence-corrected chi connectivity index (χ0v) is 12.6. The van der Waals surface area contributed by atoms with Crippen molar-refractivity contribution in [2.24, 2.45) is 0 Å². The number of piperazine rings is 1. The van der Waals surface area contributed by atoms with Crippen LogP contribution in [-0.4, -0.2) is 68.3 Å². The van der Waals surface area contributed by atoms with Crippen LogP contribution in [0.25, 0.3) is 0 Å². The van der Waals surface area contributed by atoms with E-state index >= 15 is 0 Å². The molecule has 120 valence electrons. The highest BCUT2D eigenvalue weighted by Crippen LogP contribution is 2.28. The fourth-order valence-corrected chi connectivity index (χ4v) is 2.47. The van der Waals surface area contributed by atoms with Gasteiger partial charge in [0.25, 0.3) is 0 Å². The van der Waals surface area contributed by atoms with Gasteiger partial charge in [-0.05, 0) is 12.1 Å². The fraction of sp³-hybridized carbons (Fsp3) is 0.467. The molecule has 1 fully saturated rings. The number of ether oxygens (including phenoxy) is 1. The number of nitrogens with zero attached hydrogens (tertiary/aromatic N) is 2. The molecule has 7 nitrogen and oxygen atoms in total. The minimum atomic E-state index is -1.03. The average Bonchev–Trinajstić information content (AvgIpc) is 2.53. The molecular formula is C15H21N3O4. The summed E-state index contributed by atoms with van der Waals surface area (Å²) in [5.74, 6) is -0.447. The standard InChI is InChI=1S/C15H21N3O4/c1-22-13-5-3-2-4-12(13)18-8-6-17(7-9-18)11-14(19)16-10-15(20)21/h2-5H,6-11H2,1H3,(H,16,19)(H,20,21). The molecule has 0 aliphatic carbocycles. The van der Waals surface area contributed by atoms with Crippen LogP contribution in [0.15, 0.2) is 24.3 Å². The number of hydrogen-bond acceptors (Lipinski definition) is 5. The van der Waals surface area contributed by atoms with Crippen molar-refractivity contribution in [2.75, 3.05) is 51.3 Å². The first-order valence-corrected chi connectivity index (χ1v) is 7.19. The van der Waals surface area contributed by atoms with Gasteiger partial charge < -0.3 is 20.1 Å². The molecule has 0 spiro atoms. The van der Waals surface area contributed by atoms with Crippen molar-refractivity contribution in [2.45, 2.75) is 0 Å². The molecule has 1 saturated heterocycles. The Morgan fingerprint density at radius 3 is 2.55 bits per heavy atom. The lowest BCUT2D eigenvalue weighted by molar-refractivity contribution is -0.138. The van der Waals surface area contributed by atoms with Gasteiger partial charge in [0, 0.05) is 26.2 Å². The third-order valence-electron chi connectivity index (χ3n) is 3.60. The van der Waals surface area contributed by atoms with Crippen LogP contribution in [-0.2, 0) is 9.59 Å². The van der Waals surface area contributed by atoms with E-state index in [0.717, 1.165) is 37.6 Å². The summed E-state index contributed by atoms with van der Waals surface area (Å²) in [6, 6.07) is 7.87. The van der Waals surface area contributed by atoms with E-state index in [-0.39, 0.29) is 19.0 Å². The van der Waals surface area contributed by atoms with Gasteiger partial charge in [-0.25, -0.2) is 0 Å². The van der Waals surface area contributed by atoms with Gasteiger partial charge in [0.05, 0.1) is 19.3 Å².